The van der Waals surface area contributed by atoms with E-state index in [9.17, 15) is 9.59 Å². The summed E-state index contributed by atoms with van der Waals surface area (Å²) in [5.74, 6) is 1.46. The normalized spacial score (nSPS) is 15.5. The average molecular weight is 497 g/mol. The monoisotopic (exact) mass is 496 g/mol. The second-order valence-corrected chi connectivity index (χ2v) is 9.57. The Morgan fingerprint density at radius 2 is 1.73 bits per heavy atom. The molecule has 0 aliphatic carbocycles. The lowest BCUT2D eigenvalue weighted by molar-refractivity contribution is -0.119. The van der Waals surface area contributed by atoms with E-state index in [1.54, 1.807) is 4.90 Å². The maximum Gasteiger partial charge on any atom is 0.247 e. The highest BCUT2D eigenvalue weighted by atomic mass is 16.5. The van der Waals surface area contributed by atoms with Crippen molar-refractivity contribution in [1.29, 1.82) is 0 Å². The first-order valence-electron chi connectivity index (χ1n) is 12.8. The van der Waals surface area contributed by atoms with Crippen molar-refractivity contribution in [3.8, 4) is 5.75 Å². The van der Waals surface area contributed by atoms with Crippen LogP contribution in [0.2, 0.25) is 0 Å². The molecule has 0 saturated carbocycles. The molecular formula is C30H32N4O3. The molecule has 0 spiro atoms. The Morgan fingerprint density at radius 1 is 1.03 bits per heavy atom. The molecule has 1 aliphatic heterocycles. The highest BCUT2D eigenvalue weighted by molar-refractivity contribution is 5.97. The molecule has 4 aromatic rings. The summed E-state index contributed by atoms with van der Waals surface area (Å²) in [5.41, 5.74) is 3.43. The van der Waals surface area contributed by atoms with Gasteiger partial charge in [0.15, 0.2) is 0 Å². The quantitative estimate of drug-likeness (QED) is 0.328. The van der Waals surface area contributed by atoms with Crippen LogP contribution in [0.4, 0.5) is 11.4 Å². The zero-order valence-corrected chi connectivity index (χ0v) is 21.5. The summed E-state index contributed by atoms with van der Waals surface area (Å²) < 4.78 is 7.54. The number of ether oxygens (including phenoxy) is 1. The van der Waals surface area contributed by atoms with E-state index in [1.807, 2.05) is 109 Å². The Labute approximate surface area is 217 Å². The van der Waals surface area contributed by atoms with Crippen LogP contribution >= 0.6 is 0 Å². The molecule has 1 saturated heterocycles. The van der Waals surface area contributed by atoms with Crippen LogP contribution in [0.15, 0.2) is 78.9 Å². The second-order valence-electron chi connectivity index (χ2n) is 9.57. The summed E-state index contributed by atoms with van der Waals surface area (Å²) in [5, 5.41) is 0. The average Bonchev–Trinajstić information content (AvgIpc) is 3.46. The third-order valence-corrected chi connectivity index (χ3v) is 6.75. The lowest BCUT2D eigenvalue weighted by atomic mass is 10.1. The molecule has 1 atom stereocenters. The van der Waals surface area contributed by atoms with Crippen molar-refractivity contribution < 1.29 is 14.3 Å². The molecule has 0 bridgehead atoms. The van der Waals surface area contributed by atoms with Crippen molar-refractivity contribution in [2.75, 3.05) is 23.0 Å². The Balaban J connectivity index is 1.45. The SMILES string of the molecule is CCOc1ccc(N2C[C@H](c3nc4ccccc4n3CC(=O)N(c3ccccc3)C(C)C)CC2=O)cc1. The van der Waals surface area contributed by atoms with Gasteiger partial charge in [-0.05, 0) is 69.3 Å². The van der Waals surface area contributed by atoms with Crippen molar-refractivity contribution in [3.63, 3.8) is 0 Å². The fourth-order valence-corrected chi connectivity index (χ4v) is 5.12. The van der Waals surface area contributed by atoms with E-state index in [2.05, 4.69) is 0 Å². The fraction of sp³-hybridized carbons (Fsp3) is 0.300. The van der Waals surface area contributed by atoms with Gasteiger partial charge in [-0.25, -0.2) is 4.98 Å². The molecule has 1 aromatic heterocycles. The molecule has 1 aliphatic rings. The van der Waals surface area contributed by atoms with Crippen LogP contribution in [0.1, 0.15) is 38.9 Å². The smallest absolute Gasteiger partial charge is 0.247 e. The number of carbonyl (C=O) groups excluding carboxylic acids is 2. The Kier molecular flexibility index (Phi) is 6.95. The van der Waals surface area contributed by atoms with Crippen LogP contribution in [0, 0.1) is 0 Å². The third kappa shape index (κ3) is 4.94. The van der Waals surface area contributed by atoms with E-state index in [1.165, 1.54) is 0 Å². The van der Waals surface area contributed by atoms with Gasteiger partial charge in [-0.15, -0.1) is 0 Å². The summed E-state index contributed by atoms with van der Waals surface area (Å²) in [6.45, 7) is 7.23. The van der Waals surface area contributed by atoms with Gasteiger partial charge in [0.25, 0.3) is 0 Å². The summed E-state index contributed by atoms with van der Waals surface area (Å²) >= 11 is 0. The zero-order valence-electron chi connectivity index (χ0n) is 21.5. The molecule has 3 aromatic carbocycles. The van der Waals surface area contributed by atoms with E-state index in [0.29, 0.717) is 19.6 Å². The van der Waals surface area contributed by atoms with Crippen molar-refractivity contribution in [2.45, 2.75) is 45.7 Å². The Hall–Kier alpha value is -4.13. The highest BCUT2D eigenvalue weighted by Crippen LogP contribution is 2.34. The van der Waals surface area contributed by atoms with Crippen LogP contribution in [-0.4, -0.2) is 40.6 Å². The molecule has 0 radical (unpaired) electrons. The van der Waals surface area contributed by atoms with Crippen LogP contribution in [-0.2, 0) is 16.1 Å². The first-order valence-corrected chi connectivity index (χ1v) is 12.8. The summed E-state index contributed by atoms with van der Waals surface area (Å²) in [6.07, 6.45) is 0.345. The Morgan fingerprint density at radius 3 is 2.43 bits per heavy atom. The molecule has 2 heterocycles. The van der Waals surface area contributed by atoms with Crippen molar-refractivity contribution in [3.05, 3.63) is 84.7 Å². The maximum atomic E-state index is 13.7. The predicted molar refractivity (Wildman–Crippen MR) is 146 cm³/mol. The number of carbonyl (C=O) groups is 2. The van der Waals surface area contributed by atoms with Gasteiger partial charge in [0.2, 0.25) is 11.8 Å². The molecule has 0 unspecified atom stereocenters. The number of anilines is 2. The van der Waals surface area contributed by atoms with E-state index in [-0.39, 0.29) is 30.3 Å². The van der Waals surface area contributed by atoms with Crippen LogP contribution in [0.3, 0.4) is 0 Å². The topological polar surface area (TPSA) is 67.7 Å². The number of hydrogen-bond acceptors (Lipinski definition) is 4. The van der Waals surface area contributed by atoms with Gasteiger partial charge in [0.05, 0.1) is 17.6 Å². The number of nitrogens with zero attached hydrogens (tertiary/aromatic N) is 4. The number of imidazole rings is 1. The summed E-state index contributed by atoms with van der Waals surface area (Å²) in [4.78, 5) is 35.3. The third-order valence-electron chi connectivity index (χ3n) is 6.75. The van der Waals surface area contributed by atoms with Crippen molar-refractivity contribution >= 4 is 34.2 Å². The molecule has 37 heavy (non-hydrogen) atoms. The number of benzene rings is 3. The van der Waals surface area contributed by atoms with Crippen LogP contribution in [0.5, 0.6) is 5.75 Å². The van der Waals surface area contributed by atoms with Gasteiger partial charge in [-0.1, -0.05) is 30.3 Å². The molecule has 7 heteroatoms. The van der Waals surface area contributed by atoms with E-state index in [4.69, 9.17) is 9.72 Å². The number of rotatable bonds is 8. The minimum atomic E-state index is -0.122. The van der Waals surface area contributed by atoms with Gasteiger partial charge in [0, 0.05) is 36.3 Å². The first-order chi connectivity index (χ1) is 18.0. The maximum absolute atomic E-state index is 13.7. The number of fused-ring (bicyclic) bond motifs is 1. The second kappa shape index (κ2) is 10.5. The number of amides is 2. The summed E-state index contributed by atoms with van der Waals surface area (Å²) in [7, 11) is 0. The molecule has 7 nitrogen and oxygen atoms in total. The fourth-order valence-electron chi connectivity index (χ4n) is 5.12. The van der Waals surface area contributed by atoms with E-state index >= 15 is 0 Å². The highest BCUT2D eigenvalue weighted by Gasteiger charge is 2.35. The molecule has 1 fully saturated rings. The number of hydrogen-bond donors (Lipinski definition) is 0. The van der Waals surface area contributed by atoms with E-state index in [0.717, 1.165) is 34.0 Å². The van der Waals surface area contributed by atoms with Gasteiger partial charge >= 0.3 is 0 Å². The van der Waals surface area contributed by atoms with Crippen molar-refractivity contribution in [1.82, 2.24) is 9.55 Å². The minimum absolute atomic E-state index is 0.00338. The Bertz CT molecular complexity index is 1400. The first kappa shape index (κ1) is 24.6. The predicted octanol–water partition coefficient (Wildman–Crippen LogP) is 5.40. The lowest BCUT2D eigenvalue weighted by Gasteiger charge is -2.27. The number of para-hydroxylation sites is 3. The van der Waals surface area contributed by atoms with Crippen molar-refractivity contribution in [2.24, 2.45) is 0 Å². The van der Waals surface area contributed by atoms with E-state index < -0.39 is 0 Å². The lowest BCUT2D eigenvalue weighted by Crippen LogP contribution is -2.39. The van der Waals surface area contributed by atoms with Gasteiger partial charge in [0.1, 0.15) is 18.1 Å². The van der Waals surface area contributed by atoms with Crippen LogP contribution in [0.25, 0.3) is 11.0 Å². The molecular weight excluding hydrogens is 464 g/mol. The molecule has 5 rings (SSSR count). The van der Waals surface area contributed by atoms with Gasteiger partial charge in [-0.3, -0.25) is 9.59 Å². The molecule has 190 valence electrons. The van der Waals surface area contributed by atoms with Crippen LogP contribution < -0.4 is 14.5 Å². The summed E-state index contributed by atoms with van der Waals surface area (Å²) in [6, 6.07) is 25.2. The molecule has 2 amide bonds. The minimum Gasteiger partial charge on any atom is -0.494 e. The molecule has 0 N–H and O–H groups in total. The van der Waals surface area contributed by atoms with Gasteiger partial charge in [-0.2, -0.15) is 0 Å². The number of aromatic nitrogens is 2. The zero-order chi connectivity index (χ0) is 25.9. The standard InChI is InChI=1S/C30H32N4O3/c1-4-37-25-16-14-23(15-17-25)32-19-22(18-28(32)35)30-31-26-12-8-9-13-27(26)33(30)20-29(36)34(21(2)3)24-10-6-5-7-11-24/h5-17,21-22H,4,18-20H2,1-3H3/t22-/m1/s1. The van der Waals surface area contributed by atoms with Gasteiger partial charge < -0.3 is 19.1 Å². The largest absolute Gasteiger partial charge is 0.494 e.